The van der Waals surface area contributed by atoms with E-state index in [1.165, 1.54) is 42.7 Å². The van der Waals surface area contributed by atoms with Crippen LogP contribution in [0.2, 0.25) is 0 Å². The van der Waals surface area contributed by atoms with Crippen molar-refractivity contribution in [2.75, 3.05) is 18.7 Å². The number of rotatable bonds is 7. The monoisotopic (exact) mass is 568 g/mol. The number of amides is 1. The molecule has 39 heavy (non-hydrogen) atoms. The Bertz CT molecular complexity index is 1560. The molecule has 3 aromatic rings. The van der Waals surface area contributed by atoms with Gasteiger partial charge in [-0.25, -0.2) is 13.4 Å². The minimum atomic E-state index is -4.95. The Kier molecular flexibility index (Phi) is 7.29. The van der Waals surface area contributed by atoms with Crippen LogP contribution in [0.15, 0.2) is 41.3 Å². The number of hydrogen-bond donors (Lipinski definition) is 3. The standard InChI is InChI=1S/C25H24F4N4O5S/c1-13-18(22(34)31-14-6-4-7-15(12-14)39(3,30)36)23(33-32-21(13)25(27,28)29)38-17-9-8-16(19(26)20(17)37-2)24(35)10-5-11-24/h4,6-9,12,30,35H,5,10-11H2,1-3H3,(H,31,34). The predicted molar refractivity (Wildman–Crippen MR) is 132 cm³/mol. The topological polar surface area (TPSA) is 134 Å². The first kappa shape index (κ1) is 28.2. The van der Waals surface area contributed by atoms with Crippen molar-refractivity contribution < 1.29 is 41.1 Å². The van der Waals surface area contributed by atoms with Gasteiger partial charge in [0.25, 0.3) is 11.8 Å². The van der Waals surface area contributed by atoms with Gasteiger partial charge in [0, 0.05) is 22.4 Å². The van der Waals surface area contributed by atoms with Crippen LogP contribution in [-0.2, 0) is 21.5 Å². The number of nitrogens with zero attached hydrogens (tertiary/aromatic N) is 2. The van der Waals surface area contributed by atoms with Crippen LogP contribution < -0.4 is 14.8 Å². The van der Waals surface area contributed by atoms with Crippen molar-refractivity contribution in [3.63, 3.8) is 0 Å². The molecule has 0 bridgehead atoms. The van der Waals surface area contributed by atoms with Gasteiger partial charge in [0.05, 0.1) is 22.4 Å². The highest BCUT2D eigenvalue weighted by molar-refractivity contribution is 7.91. The van der Waals surface area contributed by atoms with Crippen molar-refractivity contribution in [3.05, 3.63) is 64.6 Å². The van der Waals surface area contributed by atoms with Gasteiger partial charge in [-0.3, -0.25) is 4.79 Å². The van der Waals surface area contributed by atoms with E-state index in [1.54, 1.807) is 0 Å². The Balaban J connectivity index is 1.78. The third-order valence-electron chi connectivity index (χ3n) is 6.38. The van der Waals surface area contributed by atoms with Crippen LogP contribution in [0.3, 0.4) is 0 Å². The molecular formula is C25H24F4N4O5S. The number of aliphatic hydroxyl groups is 1. The van der Waals surface area contributed by atoms with Crippen molar-refractivity contribution in [1.82, 2.24) is 10.2 Å². The molecule has 1 atom stereocenters. The maximum absolute atomic E-state index is 15.3. The van der Waals surface area contributed by atoms with Crippen molar-refractivity contribution in [2.24, 2.45) is 0 Å². The molecule has 1 heterocycles. The molecule has 208 valence electrons. The highest BCUT2D eigenvalue weighted by Crippen LogP contribution is 2.46. The molecule has 14 heteroatoms. The number of alkyl halides is 3. The molecule has 2 aromatic carbocycles. The number of carbonyl (C=O) groups is 1. The van der Waals surface area contributed by atoms with Gasteiger partial charge in [0.2, 0.25) is 0 Å². The normalized spacial score (nSPS) is 16.1. The Morgan fingerprint density at radius 3 is 2.46 bits per heavy atom. The molecule has 3 N–H and O–H groups in total. The summed E-state index contributed by atoms with van der Waals surface area (Å²) in [6.07, 6.45) is -2.39. The molecule has 1 aliphatic carbocycles. The lowest BCUT2D eigenvalue weighted by Crippen LogP contribution is -2.34. The van der Waals surface area contributed by atoms with E-state index < -0.39 is 61.7 Å². The Morgan fingerprint density at radius 1 is 1.21 bits per heavy atom. The first-order valence-corrected chi connectivity index (χ1v) is 13.5. The second-order valence-corrected chi connectivity index (χ2v) is 11.3. The number of benzene rings is 2. The highest BCUT2D eigenvalue weighted by atomic mass is 32.2. The van der Waals surface area contributed by atoms with E-state index >= 15 is 4.39 Å². The van der Waals surface area contributed by atoms with Crippen LogP contribution in [0.5, 0.6) is 17.4 Å². The first-order chi connectivity index (χ1) is 18.2. The largest absolute Gasteiger partial charge is 0.490 e. The van der Waals surface area contributed by atoms with Crippen molar-refractivity contribution >= 4 is 21.3 Å². The molecule has 4 rings (SSSR count). The van der Waals surface area contributed by atoms with Crippen molar-refractivity contribution in [2.45, 2.75) is 42.9 Å². The summed E-state index contributed by atoms with van der Waals surface area (Å²) in [4.78, 5) is 13.3. The number of hydrogen-bond acceptors (Lipinski definition) is 8. The smallest absolute Gasteiger partial charge is 0.435 e. The van der Waals surface area contributed by atoms with Crippen LogP contribution in [0.4, 0.5) is 23.2 Å². The minimum absolute atomic E-state index is 0.0209. The maximum atomic E-state index is 15.3. The zero-order valence-electron chi connectivity index (χ0n) is 21.0. The van der Waals surface area contributed by atoms with E-state index in [4.69, 9.17) is 14.3 Å². The lowest BCUT2D eigenvalue weighted by atomic mass is 9.75. The molecule has 1 aliphatic rings. The molecule has 1 saturated carbocycles. The van der Waals surface area contributed by atoms with E-state index in [0.717, 1.165) is 14.0 Å². The summed E-state index contributed by atoms with van der Waals surface area (Å²) in [7, 11) is -2.01. The molecule has 1 unspecified atom stereocenters. The van der Waals surface area contributed by atoms with Gasteiger partial charge in [0.15, 0.2) is 23.0 Å². The zero-order valence-corrected chi connectivity index (χ0v) is 21.8. The van der Waals surface area contributed by atoms with Crippen molar-refractivity contribution in [3.8, 4) is 17.4 Å². The fourth-order valence-corrected chi connectivity index (χ4v) is 4.86. The maximum Gasteiger partial charge on any atom is 0.435 e. The quantitative estimate of drug-likeness (QED) is 0.325. The van der Waals surface area contributed by atoms with E-state index in [-0.39, 0.29) is 21.9 Å². The highest BCUT2D eigenvalue weighted by Gasteiger charge is 2.41. The molecular weight excluding hydrogens is 544 g/mol. The minimum Gasteiger partial charge on any atom is -0.490 e. The van der Waals surface area contributed by atoms with Crippen LogP contribution in [0, 0.1) is 17.5 Å². The summed E-state index contributed by atoms with van der Waals surface area (Å²) in [5, 5.41) is 19.6. The average Bonchev–Trinajstić information content (AvgIpc) is 2.82. The third kappa shape index (κ3) is 5.52. The predicted octanol–water partition coefficient (Wildman–Crippen LogP) is 5.40. The Hall–Kier alpha value is -3.78. The fraction of sp³-hybridized carbons (Fsp3) is 0.320. The molecule has 0 saturated heterocycles. The molecule has 1 amide bonds. The number of carbonyl (C=O) groups excluding carboxylic acids is 1. The van der Waals surface area contributed by atoms with Crippen molar-refractivity contribution in [1.29, 1.82) is 4.78 Å². The molecule has 1 aromatic heterocycles. The SMILES string of the molecule is COc1c(Oc2nnc(C(F)(F)F)c(C)c2C(=O)Nc2cccc(S(C)(=N)=O)c2)ccc(C2(O)CCC2)c1F. The van der Waals surface area contributed by atoms with Gasteiger partial charge < -0.3 is 19.9 Å². The molecule has 0 radical (unpaired) electrons. The number of anilines is 1. The number of methoxy groups -OCH3 is 1. The van der Waals surface area contributed by atoms with Gasteiger partial charge in [-0.2, -0.15) is 13.2 Å². The van der Waals surface area contributed by atoms with Crippen LogP contribution >= 0.6 is 0 Å². The van der Waals surface area contributed by atoms with E-state index in [9.17, 15) is 27.3 Å². The third-order valence-corrected chi connectivity index (χ3v) is 7.53. The summed E-state index contributed by atoms with van der Waals surface area (Å²) in [5.74, 6) is -3.42. The average molecular weight is 569 g/mol. The summed E-state index contributed by atoms with van der Waals surface area (Å²) >= 11 is 0. The molecule has 1 fully saturated rings. The molecule has 0 aliphatic heterocycles. The lowest BCUT2D eigenvalue weighted by molar-refractivity contribution is -0.142. The lowest BCUT2D eigenvalue weighted by Gasteiger charge is -2.37. The number of halogens is 4. The van der Waals surface area contributed by atoms with E-state index in [2.05, 4.69) is 15.5 Å². The summed E-state index contributed by atoms with van der Waals surface area (Å²) < 4.78 is 86.6. The van der Waals surface area contributed by atoms with Crippen LogP contribution in [-0.4, -0.2) is 38.8 Å². The molecule has 9 nitrogen and oxygen atoms in total. The van der Waals surface area contributed by atoms with Crippen LogP contribution in [0.25, 0.3) is 0 Å². The fourth-order valence-electron chi connectivity index (χ4n) is 4.17. The van der Waals surface area contributed by atoms with Gasteiger partial charge in [-0.15, -0.1) is 10.2 Å². The number of aromatic nitrogens is 2. The Labute approximate surface area is 221 Å². The van der Waals surface area contributed by atoms with Gasteiger partial charge in [0.1, 0.15) is 5.56 Å². The second kappa shape index (κ2) is 10.1. The van der Waals surface area contributed by atoms with Gasteiger partial charge in [-0.1, -0.05) is 6.07 Å². The second-order valence-electron chi connectivity index (χ2n) is 9.12. The number of nitrogens with one attached hydrogen (secondary N) is 2. The first-order valence-electron chi connectivity index (χ1n) is 11.5. The summed E-state index contributed by atoms with van der Waals surface area (Å²) in [5.41, 5.74) is -4.03. The Morgan fingerprint density at radius 2 is 1.90 bits per heavy atom. The van der Waals surface area contributed by atoms with Gasteiger partial charge >= 0.3 is 6.18 Å². The number of ether oxygens (including phenoxy) is 2. The van der Waals surface area contributed by atoms with E-state index in [0.29, 0.717) is 19.3 Å². The van der Waals surface area contributed by atoms with Crippen LogP contribution in [0.1, 0.15) is 46.4 Å². The summed E-state index contributed by atoms with van der Waals surface area (Å²) in [6.45, 7) is 1.01. The summed E-state index contributed by atoms with van der Waals surface area (Å²) in [6, 6.07) is 7.99. The zero-order chi connectivity index (χ0) is 28.8. The van der Waals surface area contributed by atoms with Gasteiger partial charge in [-0.05, 0) is 62.1 Å². The van der Waals surface area contributed by atoms with E-state index in [1.807, 2.05) is 0 Å². The molecule has 0 spiro atoms.